The van der Waals surface area contributed by atoms with Gasteiger partial charge in [-0.2, -0.15) is 0 Å². The average molecular weight is 216 g/mol. The summed E-state index contributed by atoms with van der Waals surface area (Å²) in [6, 6.07) is 7.96. The van der Waals surface area contributed by atoms with Gasteiger partial charge in [0.05, 0.1) is 7.11 Å². The van der Waals surface area contributed by atoms with Crippen molar-refractivity contribution in [2.45, 2.75) is 20.8 Å². The Bertz CT molecular complexity index is 183. The van der Waals surface area contributed by atoms with Gasteiger partial charge in [-0.25, -0.2) is 0 Å². The van der Waals surface area contributed by atoms with E-state index in [1.54, 1.807) is 7.11 Å². The van der Waals surface area contributed by atoms with Crippen molar-refractivity contribution in [2.24, 2.45) is 0 Å². The summed E-state index contributed by atoms with van der Waals surface area (Å²) < 4.78 is 4.97. The predicted molar refractivity (Wildman–Crippen MR) is 65.4 cm³/mol. The van der Waals surface area contributed by atoms with Crippen molar-refractivity contribution >= 4 is 0 Å². The number of aryl methyl sites for hydroxylation is 1. The minimum atomic E-state index is 0.917. The number of rotatable bonds is 1. The van der Waals surface area contributed by atoms with E-state index in [2.05, 4.69) is 6.92 Å². The van der Waals surface area contributed by atoms with Crippen molar-refractivity contribution in [3.05, 3.63) is 29.8 Å². The molecule has 15 heavy (non-hydrogen) atoms. The van der Waals surface area contributed by atoms with Gasteiger partial charge in [0.2, 0.25) is 0 Å². The van der Waals surface area contributed by atoms with Crippen LogP contribution in [-0.2, 0) is 0 Å². The molecule has 90 valence electrons. The zero-order chi connectivity index (χ0) is 12.7. The van der Waals surface area contributed by atoms with Crippen molar-refractivity contribution in [2.75, 3.05) is 21.3 Å². The molecule has 0 aliphatic carbocycles. The lowest BCUT2D eigenvalue weighted by Crippen LogP contribution is -1.80. The topological polar surface area (TPSA) is 49.7 Å². The monoisotopic (exact) mass is 216 g/mol. The van der Waals surface area contributed by atoms with Crippen LogP contribution in [0.5, 0.6) is 5.75 Å². The predicted octanol–water partition coefficient (Wildman–Crippen LogP) is 2.25. The summed E-state index contributed by atoms with van der Waals surface area (Å²) in [5, 5.41) is 14.0. The molecular formula is C12H24O3. The molecule has 0 spiro atoms. The molecule has 2 N–H and O–H groups in total. The largest absolute Gasteiger partial charge is 0.497 e. The smallest absolute Gasteiger partial charge is 0.118 e. The summed E-state index contributed by atoms with van der Waals surface area (Å²) in [7, 11) is 3.67. The lowest BCUT2D eigenvalue weighted by Gasteiger charge is -1.97. The van der Waals surface area contributed by atoms with Crippen LogP contribution in [0.2, 0.25) is 0 Å². The standard InChI is InChI=1S/C8H10O.C2H6.2CH4O/c1-7-3-5-8(9-2)6-4-7;3*1-2/h3-6H,1-2H3;1-2H3;2*2H,1H3. The van der Waals surface area contributed by atoms with Gasteiger partial charge >= 0.3 is 0 Å². The fraction of sp³-hybridized carbons (Fsp3) is 0.500. The SMILES string of the molecule is CC.CO.CO.COc1ccc(C)cc1. The molecule has 3 nitrogen and oxygen atoms in total. The number of hydrogen-bond donors (Lipinski definition) is 2. The second-order valence-corrected chi connectivity index (χ2v) is 2.02. The second-order valence-electron chi connectivity index (χ2n) is 2.02. The van der Waals surface area contributed by atoms with Gasteiger partial charge in [0.15, 0.2) is 0 Å². The van der Waals surface area contributed by atoms with E-state index < -0.39 is 0 Å². The highest BCUT2D eigenvalue weighted by Crippen LogP contribution is 2.09. The number of ether oxygens (including phenoxy) is 1. The third-order valence-corrected chi connectivity index (χ3v) is 1.26. The lowest BCUT2D eigenvalue weighted by atomic mass is 10.2. The first kappa shape index (κ1) is 19.5. The number of hydrogen-bond acceptors (Lipinski definition) is 3. The van der Waals surface area contributed by atoms with Crippen LogP contribution in [0.3, 0.4) is 0 Å². The molecule has 0 atom stereocenters. The maximum absolute atomic E-state index is 7.00. The van der Waals surface area contributed by atoms with Crippen LogP contribution in [0.1, 0.15) is 19.4 Å². The molecule has 0 bridgehead atoms. The van der Waals surface area contributed by atoms with Gasteiger partial charge in [0.25, 0.3) is 0 Å². The fourth-order valence-electron chi connectivity index (χ4n) is 0.674. The highest BCUT2D eigenvalue weighted by molar-refractivity contribution is 5.25. The molecule has 3 heteroatoms. The van der Waals surface area contributed by atoms with Crippen molar-refractivity contribution in [3.63, 3.8) is 0 Å². The maximum atomic E-state index is 7.00. The van der Waals surface area contributed by atoms with E-state index in [1.165, 1.54) is 5.56 Å². The van der Waals surface area contributed by atoms with E-state index in [1.807, 2.05) is 38.1 Å². The van der Waals surface area contributed by atoms with Crippen LogP contribution >= 0.6 is 0 Å². The Morgan fingerprint density at radius 1 is 0.867 bits per heavy atom. The molecule has 1 aromatic carbocycles. The number of aliphatic hydroxyl groups excluding tert-OH is 2. The number of aliphatic hydroxyl groups is 2. The normalized spacial score (nSPS) is 6.67. The molecule has 0 fully saturated rings. The minimum Gasteiger partial charge on any atom is -0.497 e. The maximum Gasteiger partial charge on any atom is 0.118 e. The van der Waals surface area contributed by atoms with Gasteiger partial charge < -0.3 is 14.9 Å². The molecule has 0 saturated heterocycles. The van der Waals surface area contributed by atoms with E-state index >= 15 is 0 Å². The highest BCUT2D eigenvalue weighted by Gasteiger charge is 1.85. The summed E-state index contributed by atoms with van der Waals surface area (Å²) in [5.74, 6) is 0.917. The number of methoxy groups -OCH3 is 1. The number of benzene rings is 1. The Hall–Kier alpha value is -1.06. The molecule has 1 aromatic rings. The van der Waals surface area contributed by atoms with E-state index in [9.17, 15) is 0 Å². The van der Waals surface area contributed by atoms with Crippen LogP contribution in [0.25, 0.3) is 0 Å². The first-order valence-corrected chi connectivity index (χ1v) is 4.83. The van der Waals surface area contributed by atoms with E-state index in [0.717, 1.165) is 20.0 Å². The molecule has 0 aromatic heterocycles. The molecule has 0 aliphatic heterocycles. The molecular weight excluding hydrogens is 192 g/mol. The zero-order valence-electron chi connectivity index (χ0n) is 10.6. The Morgan fingerprint density at radius 3 is 1.47 bits per heavy atom. The lowest BCUT2D eigenvalue weighted by molar-refractivity contribution is 0.399. The fourth-order valence-corrected chi connectivity index (χ4v) is 0.674. The van der Waals surface area contributed by atoms with Gasteiger partial charge in [-0.1, -0.05) is 31.5 Å². The minimum absolute atomic E-state index is 0.917. The van der Waals surface area contributed by atoms with Crippen LogP contribution < -0.4 is 4.74 Å². The molecule has 0 saturated carbocycles. The first-order chi connectivity index (χ1) is 7.33. The van der Waals surface area contributed by atoms with E-state index in [4.69, 9.17) is 14.9 Å². The molecule has 1 rings (SSSR count). The molecule has 0 heterocycles. The van der Waals surface area contributed by atoms with Crippen molar-refractivity contribution in [1.29, 1.82) is 0 Å². The quantitative estimate of drug-likeness (QED) is 0.757. The van der Waals surface area contributed by atoms with Crippen LogP contribution in [0, 0.1) is 6.92 Å². The Labute approximate surface area is 93.3 Å². The van der Waals surface area contributed by atoms with Crippen molar-refractivity contribution < 1.29 is 14.9 Å². The van der Waals surface area contributed by atoms with E-state index in [0.29, 0.717) is 0 Å². The van der Waals surface area contributed by atoms with Gasteiger partial charge in [0, 0.05) is 14.2 Å². The van der Waals surface area contributed by atoms with Crippen LogP contribution in [-0.4, -0.2) is 31.5 Å². The highest BCUT2D eigenvalue weighted by atomic mass is 16.5. The average Bonchev–Trinajstić information content (AvgIpc) is 2.38. The molecule has 0 amide bonds. The van der Waals surface area contributed by atoms with Crippen LogP contribution in [0.15, 0.2) is 24.3 Å². The Morgan fingerprint density at radius 2 is 1.20 bits per heavy atom. The molecule has 0 radical (unpaired) electrons. The zero-order valence-corrected chi connectivity index (χ0v) is 10.6. The third-order valence-electron chi connectivity index (χ3n) is 1.26. The Kier molecular flexibility index (Phi) is 24.3. The summed E-state index contributed by atoms with van der Waals surface area (Å²) >= 11 is 0. The van der Waals surface area contributed by atoms with Gasteiger partial charge in [-0.05, 0) is 19.1 Å². The van der Waals surface area contributed by atoms with Gasteiger partial charge in [-0.15, -0.1) is 0 Å². The summed E-state index contributed by atoms with van der Waals surface area (Å²) in [6.45, 7) is 6.06. The second kappa shape index (κ2) is 18.7. The molecule has 0 aliphatic rings. The summed E-state index contributed by atoms with van der Waals surface area (Å²) in [5.41, 5.74) is 1.26. The van der Waals surface area contributed by atoms with E-state index in [-0.39, 0.29) is 0 Å². The van der Waals surface area contributed by atoms with Gasteiger partial charge in [-0.3, -0.25) is 0 Å². The Balaban J connectivity index is -0.000000208. The first-order valence-electron chi connectivity index (χ1n) is 4.83. The molecule has 0 unspecified atom stereocenters. The summed E-state index contributed by atoms with van der Waals surface area (Å²) in [6.07, 6.45) is 0. The van der Waals surface area contributed by atoms with Crippen LogP contribution in [0.4, 0.5) is 0 Å². The van der Waals surface area contributed by atoms with Crippen molar-refractivity contribution in [1.82, 2.24) is 0 Å². The van der Waals surface area contributed by atoms with Crippen molar-refractivity contribution in [3.8, 4) is 5.75 Å². The third kappa shape index (κ3) is 12.9. The summed E-state index contributed by atoms with van der Waals surface area (Å²) in [4.78, 5) is 0. The van der Waals surface area contributed by atoms with Gasteiger partial charge in [0.1, 0.15) is 5.75 Å².